The van der Waals surface area contributed by atoms with Gasteiger partial charge < -0.3 is 9.63 Å². The summed E-state index contributed by atoms with van der Waals surface area (Å²) in [5.41, 5.74) is 0. The second kappa shape index (κ2) is 4.75. The molecule has 2 atom stereocenters. The average Bonchev–Trinajstić information content (AvgIpc) is 2.78. The van der Waals surface area contributed by atoms with Crippen molar-refractivity contribution < 1.29 is 9.63 Å². The molecule has 1 aliphatic rings. The Bertz CT molecular complexity index is 311. The summed E-state index contributed by atoms with van der Waals surface area (Å²) in [6, 6.07) is 0. The minimum atomic E-state index is -0.156. The summed E-state index contributed by atoms with van der Waals surface area (Å²) >= 11 is 0. The molecule has 4 nitrogen and oxygen atoms in total. The van der Waals surface area contributed by atoms with E-state index in [2.05, 4.69) is 17.1 Å². The molecule has 84 valence electrons. The highest BCUT2D eigenvalue weighted by atomic mass is 16.5. The predicted molar refractivity (Wildman–Crippen MR) is 55.2 cm³/mol. The Labute approximate surface area is 89.7 Å². The molecule has 0 aromatic carbocycles. The molecule has 0 radical (unpaired) electrons. The van der Waals surface area contributed by atoms with Crippen LogP contribution in [0, 0.1) is 5.92 Å². The van der Waals surface area contributed by atoms with Crippen molar-refractivity contribution in [1.82, 2.24) is 10.1 Å². The van der Waals surface area contributed by atoms with Crippen molar-refractivity contribution in [3.05, 3.63) is 11.7 Å². The molecular formula is C11H18N2O2. The molecule has 1 heterocycles. The molecule has 4 heteroatoms. The van der Waals surface area contributed by atoms with Crippen molar-refractivity contribution >= 4 is 0 Å². The fourth-order valence-electron chi connectivity index (χ4n) is 2.39. The van der Waals surface area contributed by atoms with Gasteiger partial charge in [-0.1, -0.05) is 31.3 Å². The van der Waals surface area contributed by atoms with E-state index in [4.69, 9.17) is 9.63 Å². The van der Waals surface area contributed by atoms with Gasteiger partial charge in [-0.2, -0.15) is 4.98 Å². The minimum absolute atomic E-state index is 0.156. The SMILES string of the molecule is CCC1CCCC(c2noc(CO)n2)C1. The standard InChI is InChI=1S/C11H18N2O2/c1-2-8-4-3-5-9(6-8)11-12-10(7-14)15-13-11/h8-9,14H,2-7H2,1H3. The van der Waals surface area contributed by atoms with Crippen LogP contribution in [0.15, 0.2) is 4.52 Å². The molecule has 1 N–H and O–H groups in total. The Morgan fingerprint density at radius 2 is 2.33 bits per heavy atom. The van der Waals surface area contributed by atoms with Crippen molar-refractivity contribution in [2.24, 2.45) is 5.92 Å². The maximum Gasteiger partial charge on any atom is 0.252 e. The topological polar surface area (TPSA) is 59.2 Å². The second-order valence-electron chi connectivity index (χ2n) is 4.34. The first-order valence-corrected chi connectivity index (χ1v) is 5.76. The zero-order valence-electron chi connectivity index (χ0n) is 9.15. The number of aromatic nitrogens is 2. The quantitative estimate of drug-likeness (QED) is 0.831. The van der Waals surface area contributed by atoms with Crippen LogP contribution in [-0.2, 0) is 6.61 Å². The van der Waals surface area contributed by atoms with Gasteiger partial charge in [0.2, 0.25) is 0 Å². The molecule has 1 aromatic rings. The molecule has 1 aromatic heterocycles. The monoisotopic (exact) mass is 210 g/mol. The van der Waals surface area contributed by atoms with E-state index in [1.165, 1.54) is 25.7 Å². The van der Waals surface area contributed by atoms with Crippen LogP contribution in [0.1, 0.15) is 56.7 Å². The number of aliphatic hydroxyl groups is 1. The molecule has 0 bridgehead atoms. The summed E-state index contributed by atoms with van der Waals surface area (Å²) < 4.78 is 4.92. The average molecular weight is 210 g/mol. The number of aliphatic hydroxyl groups excluding tert-OH is 1. The largest absolute Gasteiger partial charge is 0.387 e. The Morgan fingerprint density at radius 1 is 1.47 bits per heavy atom. The van der Waals surface area contributed by atoms with Gasteiger partial charge in [-0.25, -0.2) is 0 Å². The van der Waals surface area contributed by atoms with E-state index in [9.17, 15) is 0 Å². The fourth-order valence-corrected chi connectivity index (χ4v) is 2.39. The van der Waals surface area contributed by atoms with Crippen molar-refractivity contribution in [3.63, 3.8) is 0 Å². The van der Waals surface area contributed by atoms with E-state index in [0.29, 0.717) is 11.8 Å². The Balaban J connectivity index is 2.03. The molecule has 1 saturated carbocycles. The van der Waals surface area contributed by atoms with Crippen molar-refractivity contribution in [2.45, 2.75) is 51.6 Å². The molecule has 2 rings (SSSR count). The zero-order chi connectivity index (χ0) is 10.7. The fraction of sp³-hybridized carbons (Fsp3) is 0.818. The van der Waals surface area contributed by atoms with E-state index < -0.39 is 0 Å². The lowest BCUT2D eigenvalue weighted by molar-refractivity contribution is 0.221. The van der Waals surface area contributed by atoms with Crippen LogP contribution in [0.2, 0.25) is 0 Å². The lowest BCUT2D eigenvalue weighted by Gasteiger charge is -2.26. The van der Waals surface area contributed by atoms with Crippen LogP contribution in [0.5, 0.6) is 0 Å². The van der Waals surface area contributed by atoms with E-state index in [-0.39, 0.29) is 6.61 Å². The third-order valence-corrected chi connectivity index (χ3v) is 3.34. The highest BCUT2D eigenvalue weighted by Gasteiger charge is 2.25. The summed E-state index contributed by atoms with van der Waals surface area (Å²) in [7, 11) is 0. The normalized spacial score (nSPS) is 26.8. The molecule has 1 fully saturated rings. The van der Waals surface area contributed by atoms with Gasteiger partial charge in [0.05, 0.1) is 0 Å². The Morgan fingerprint density at radius 3 is 3.00 bits per heavy atom. The summed E-state index contributed by atoms with van der Waals surface area (Å²) in [5.74, 6) is 2.37. The molecule has 0 amide bonds. The van der Waals surface area contributed by atoms with Crippen LogP contribution >= 0.6 is 0 Å². The first-order valence-electron chi connectivity index (χ1n) is 5.76. The van der Waals surface area contributed by atoms with Crippen molar-refractivity contribution in [1.29, 1.82) is 0 Å². The molecule has 0 aliphatic heterocycles. The summed E-state index contributed by atoms with van der Waals surface area (Å²) in [4.78, 5) is 4.19. The van der Waals surface area contributed by atoms with Gasteiger partial charge in [0.15, 0.2) is 5.82 Å². The van der Waals surface area contributed by atoms with Gasteiger partial charge in [-0.05, 0) is 18.8 Å². The van der Waals surface area contributed by atoms with Gasteiger partial charge in [-0.3, -0.25) is 0 Å². The summed E-state index contributed by atoms with van der Waals surface area (Å²) in [5, 5.41) is 12.8. The third kappa shape index (κ3) is 2.37. The van der Waals surface area contributed by atoms with Crippen LogP contribution in [0.25, 0.3) is 0 Å². The number of rotatable bonds is 3. The molecule has 1 aliphatic carbocycles. The van der Waals surface area contributed by atoms with Crippen LogP contribution in [0.4, 0.5) is 0 Å². The van der Waals surface area contributed by atoms with Crippen molar-refractivity contribution in [2.75, 3.05) is 0 Å². The molecular weight excluding hydrogens is 192 g/mol. The van der Waals surface area contributed by atoms with Crippen LogP contribution in [0.3, 0.4) is 0 Å². The maximum atomic E-state index is 8.85. The summed E-state index contributed by atoms with van der Waals surface area (Å²) in [6.45, 7) is 2.08. The van der Waals surface area contributed by atoms with Gasteiger partial charge in [0.1, 0.15) is 6.61 Å². The van der Waals surface area contributed by atoms with Crippen molar-refractivity contribution in [3.8, 4) is 0 Å². The van der Waals surface area contributed by atoms with E-state index >= 15 is 0 Å². The van der Waals surface area contributed by atoms with Gasteiger partial charge in [0, 0.05) is 5.92 Å². The maximum absolute atomic E-state index is 8.85. The van der Waals surface area contributed by atoms with E-state index in [1.54, 1.807) is 0 Å². The predicted octanol–water partition coefficient (Wildman–Crippen LogP) is 2.25. The first kappa shape index (κ1) is 10.6. The van der Waals surface area contributed by atoms with Crippen LogP contribution in [-0.4, -0.2) is 15.2 Å². The highest BCUT2D eigenvalue weighted by molar-refractivity contribution is 4.97. The first-order chi connectivity index (χ1) is 7.33. The second-order valence-corrected chi connectivity index (χ2v) is 4.34. The highest BCUT2D eigenvalue weighted by Crippen LogP contribution is 2.36. The van der Waals surface area contributed by atoms with Gasteiger partial charge >= 0.3 is 0 Å². The minimum Gasteiger partial charge on any atom is -0.387 e. The molecule has 15 heavy (non-hydrogen) atoms. The van der Waals surface area contributed by atoms with Gasteiger partial charge in [0.25, 0.3) is 5.89 Å². The Hall–Kier alpha value is -0.900. The number of hydrogen-bond donors (Lipinski definition) is 1. The summed E-state index contributed by atoms with van der Waals surface area (Å²) in [6.07, 6.45) is 6.15. The zero-order valence-corrected chi connectivity index (χ0v) is 9.15. The third-order valence-electron chi connectivity index (χ3n) is 3.34. The smallest absolute Gasteiger partial charge is 0.252 e. The Kier molecular flexibility index (Phi) is 3.36. The van der Waals surface area contributed by atoms with Gasteiger partial charge in [-0.15, -0.1) is 0 Å². The van der Waals surface area contributed by atoms with E-state index in [0.717, 1.165) is 18.2 Å². The lowest BCUT2D eigenvalue weighted by atomic mass is 9.80. The molecule has 0 saturated heterocycles. The molecule has 2 unspecified atom stereocenters. The van der Waals surface area contributed by atoms with E-state index in [1.807, 2.05) is 0 Å². The van der Waals surface area contributed by atoms with Crippen LogP contribution < -0.4 is 0 Å². The lowest BCUT2D eigenvalue weighted by Crippen LogP contribution is -2.14. The number of nitrogens with zero attached hydrogens (tertiary/aromatic N) is 2. The number of hydrogen-bond acceptors (Lipinski definition) is 4. The molecule has 0 spiro atoms.